The summed E-state index contributed by atoms with van der Waals surface area (Å²) in [6.07, 6.45) is 2.87. The molecule has 8 nitrogen and oxygen atoms in total. The van der Waals surface area contributed by atoms with Crippen molar-refractivity contribution in [1.82, 2.24) is 25.3 Å². The molecule has 0 radical (unpaired) electrons. The lowest BCUT2D eigenvalue weighted by atomic mass is 9.98. The smallest absolute Gasteiger partial charge is 0.325 e. The first-order valence-electron chi connectivity index (χ1n) is 8.64. The van der Waals surface area contributed by atoms with E-state index >= 15 is 0 Å². The number of hydrogen-bond donors (Lipinski definition) is 1. The second kappa shape index (κ2) is 5.27. The Balaban J connectivity index is 1.49. The molecular weight excluding hydrogens is 310 g/mol. The van der Waals surface area contributed by atoms with E-state index in [-0.39, 0.29) is 24.0 Å². The van der Waals surface area contributed by atoms with Gasteiger partial charge >= 0.3 is 6.03 Å². The molecule has 1 saturated carbocycles. The zero-order chi connectivity index (χ0) is 17.1. The number of imide groups is 1. The van der Waals surface area contributed by atoms with Gasteiger partial charge in [-0.15, -0.1) is 0 Å². The molecule has 0 unspecified atom stereocenters. The van der Waals surface area contributed by atoms with Gasteiger partial charge in [-0.1, -0.05) is 5.16 Å². The number of nitrogens with one attached hydrogen (secondary N) is 1. The quantitative estimate of drug-likeness (QED) is 0.838. The van der Waals surface area contributed by atoms with Gasteiger partial charge in [-0.3, -0.25) is 14.6 Å². The van der Waals surface area contributed by atoms with Crippen LogP contribution < -0.4 is 5.32 Å². The summed E-state index contributed by atoms with van der Waals surface area (Å²) in [4.78, 5) is 32.9. The molecule has 1 N–H and O–H groups in total. The van der Waals surface area contributed by atoms with Crippen LogP contribution in [0.15, 0.2) is 4.52 Å². The van der Waals surface area contributed by atoms with Crippen molar-refractivity contribution in [3.63, 3.8) is 0 Å². The number of aromatic nitrogens is 2. The Hall–Kier alpha value is -1.96. The van der Waals surface area contributed by atoms with Gasteiger partial charge in [0.05, 0.1) is 6.04 Å². The number of likely N-dealkylation sites (tertiary alicyclic amines) is 1. The van der Waals surface area contributed by atoms with E-state index < -0.39 is 5.54 Å². The maximum atomic E-state index is 12.8. The molecule has 3 aliphatic rings. The van der Waals surface area contributed by atoms with Crippen molar-refractivity contribution >= 4 is 11.9 Å². The van der Waals surface area contributed by atoms with E-state index in [9.17, 15) is 9.59 Å². The van der Waals surface area contributed by atoms with E-state index in [1.54, 1.807) is 0 Å². The van der Waals surface area contributed by atoms with Crippen molar-refractivity contribution in [2.45, 2.75) is 63.6 Å². The number of amides is 3. The molecule has 1 aromatic heterocycles. The highest BCUT2D eigenvalue weighted by molar-refractivity contribution is 6.07. The van der Waals surface area contributed by atoms with Crippen molar-refractivity contribution in [3.8, 4) is 0 Å². The zero-order valence-corrected chi connectivity index (χ0v) is 14.3. The largest absolute Gasteiger partial charge is 0.338 e. The molecule has 1 aliphatic carbocycles. The molecule has 24 heavy (non-hydrogen) atoms. The van der Waals surface area contributed by atoms with E-state index in [1.165, 1.54) is 4.90 Å². The molecule has 3 amide bonds. The molecule has 2 atom stereocenters. The van der Waals surface area contributed by atoms with Gasteiger partial charge in [-0.2, -0.15) is 4.98 Å². The van der Waals surface area contributed by atoms with Crippen molar-refractivity contribution in [3.05, 3.63) is 11.7 Å². The maximum Gasteiger partial charge on any atom is 0.325 e. The second-order valence-electron chi connectivity index (χ2n) is 7.44. The van der Waals surface area contributed by atoms with Crippen LogP contribution >= 0.6 is 0 Å². The van der Waals surface area contributed by atoms with E-state index in [4.69, 9.17) is 4.52 Å². The lowest BCUT2D eigenvalue weighted by molar-refractivity contribution is -0.132. The maximum absolute atomic E-state index is 12.8. The average molecular weight is 333 g/mol. The molecule has 0 bridgehead atoms. The number of urea groups is 1. The molecule has 2 aliphatic heterocycles. The lowest BCUT2D eigenvalue weighted by Gasteiger charge is -2.25. The van der Waals surface area contributed by atoms with Gasteiger partial charge in [-0.25, -0.2) is 4.79 Å². The third-order valence-corrected chi connectivity index (χ3v) is 5.31. The number of rotatable bonds is 4. The molecule has 0 aromatic carbocycles. The third kappa shape index (κ3) is 2.31. The van der Waals surface area contributed by atoms with Crippen LogP contribution in [0.4, 0.5) is 4.79 Å². The first-order chi connectivity index (χ1) is 11.4. The molecule has 2 saturated heterocycles. The van der Waals surface area contributed by atoms with Crippen molar-refractivity contribution in [2.75, 3.05) is 13.1 Å². The van der Waals surface area contributed by atoms with Gasteiger partial charge in [0, 0.05) is 25.0 Å². The third-order valence-electron chi connectivity index (χ3n) is 5.31. The number of carbonyl (C=O) groups is 2. The predicted molar refractivity (Wildman–Crippen MR) is 84.1 cm³/mol. The normalized spacial score (nSPS) is 29.1. The van der Waals surface area contributed by atoms with Crippen LogP contribution in [-0.2, 0) is 4.79 Å². The van der Waals surface area contributed by atoms with Gasteiger partial charge < -0.3 is 9.84 Å². The SMILES string of the molecule is CC(C)N1C(=O)N[C@@]2(CCN([C@H](C)c3nc(C4CC4)no3)C2)C1=O. The summed E-state index contributed by atoms with van der Waals surface area (Å²) in [5.74, 6) is 1.71. The van der Waals surface area contributed by atoms with Crippen LogP contribution in [0.2, 0.25) is 0 Å². The fourth-order valence-electron chi connectivity index (χ4n) is 3.64. The Kier molecular flexibility index (Phi) is 3.42. The molecule has 8 heteroatoms. The predicted octanol–water partition coefficient (Wildman–Crippen LogP) is 1.41. The second-order valence-corrected chi connectivity index (χ2v) is 7.44. The zero-order valence-electron chi connectivity index (χ0n) is 14.3. The van der Waals surface area contributed by atoms with Crippen molar-refractivity contribution in [2.24, 2.45) is 0 Å². The summed E-state index contributed by atoms with van der Waals surface area (Å²) in [7, 11) is 0. The first kappa shape index (κ1) is 15.6. The summed E-state index contributed by atoms with van der Waals surface area (Å²) < 4.78 is 5.41. The molecular formula is C16H23N5O3. The molecule has 1 aromatic rings. The van der Waals surface area contributed by atoms with Crippen LogP contribution in [0, 0.1) is 0 Å². The molecule has 3 heterocycles. The van der Waals surface area contributed by atoms with E-state index in [0.717, 1.165) is 18.7 Å². The summed E-state index contributed by atoms with van der Waals surface area (Å²) in [6, 6.07) is -0.499. The summed E-state index contributed by atoms with van der Waals surface area (Å²) in [5, 5.41) is 6.97. The minimum Gasteiger partial charge on any atom is -0.338 e. The lowest BCUT2D eigenvalue weighted by Crippen LogP contribution is -2.49. The molecule has 4 rings (SSSR count). The molecule has 130 valence electrons. The summed E-state index contributed by atoms with van der Waals surface area (Å²) in [5.41, 5.74) is -0.811. The summed E-state index contributed by atoms with van der Waals surface area (Å²) in [6.45, 7) is 6.89. The fraction of sp³-hybridized carbons (Fsp3) is 0.750. The van der Waals surface area contributed by atoms with Gasteiger partial charge in [0.25, 0.3) is 5.91 Å². The van der Waals surface area contributed by atoms with Crippen LogP contribution in [0.1, 0.15) is 63.7 Å². The first-order valence-corrected chi connectivity index (χ1v) is 8.64. The Labute approximate surface area is 140 Å². The highest BCUT2D eigenvalue weighted by Crippen LogP contribution is 2.39. The fourth-order valence-corrected chi connectivity index (χ4v) is 3.64. The van der Waals surface area contributed by atoms with Gasteiger partial charge in [0.15, 0.2) is 5.82 Å². The Bertz CT molecular complexity index is 683. The van der Waals surface area contributed by atoms with Crippen LogP contribution in [0.3, 0.4) is 0 Å². The van der Waals surface area contributed by atoms with Crippen molar-refractivity contribution in [1.29, 1.82) is 0 Å². The van der Waals surface area contributed by atoms with Gasteiger partial charge in [-0.05, 0) is 40.0 Å². The monoisotopic (exact) mass is 333 g/mol. The van der Waals surface area contributed by atoms with Crippen molar-refractivity contribution < 1.29 is 14.1 Å². The number of nitrogens with zero attached hydrogens (tertiary/aromatic N) is 4. The topological polar surface area (TPSA) is 91.6 Å². The Morgan fingerprint density at radius 2 is 2.04 bits per heavy atom. The number of hydrogen-bond acceptors (Lipinski definition) is 6. The van der Waals surface area contributed by atoms with E-state index in [0.29, 0.717) is 31.3 Å². The standard InChI is InChI=1S/C16H23N5O3/c1-9(2)21-14(22)16(18-15(21)23)6-7-20(8-16)10(3)13-17-12(19-24-13)11-4-5-11/h9-11H,4-8H2,1-3H3,(H,18,23)/t10-,16-/m1/s1. The minimum absolute atomic E-state index is 0.0674. The Morgan fingerprint density at radius 1 is 1.29 bits per heavy atom. The van der Waals surface area contributed by atoms with E-state index in [2.05, 4.69) is 20.4 Å². The molecule has 3 fully saturated rings. The Morgan fingerprint density at radius 3 is 2.67 bits per heavy atom. The number of carbonyl (C=O) groups excluding carboxylic acids is 2. The van der Waals surface area contributed by atoms with E-state index in [1.807, 2.05) is 20.8 Å². The van der Waals surface area contributed by atoms with Gasteiger partial charge in [0.1, 0.15) is 5.54 Å². The molecule has 1 spiro atoms. The highest BCUT2D eigenvalue weighted by atomic mass is 16.5. The van der Waals surface area contributed by atoms with Crippen LogP contribution in [0.5, 0.6) is 0 Å². The van der Waals surface area contributed by atoms with Crippen LogP contribution in [-0.4, -0.2) is 56.5 Å². The van der Waals surface area contributed by atoms with Crippen LogP contribution in [0.25, 0.3) is 0 Å². The average Bonchev–Trinajstić information content (AvgIpc) is 3.02. The van der Waals surface area contributed by atoms with Gasteiger partial charge in [0.2, 0.25) is 5.89 Å². The highest BCUT2D eigenvalue weighted by Gasteiger charge is 2.56. The summed E-state index contributed by atoms with van der Waals surface area (Å²) >= 11 is 0. The minimum atomic E-state index is -0.811.